The van der Waals surface area contributed by atoms with Gasteiger partial charge >= 0.3 is 13.9 Å². The molecule has 2 heterocycles. The first-order valence-corrected chi connectivity index (χ1v) is 15.5. The second-order valence-electron chi connectivity index (χ2n) is 9.35. The molecule has 0 spiro atoms. The van der Waals surface area contributed by atoms with E-state index in [1.54, 1.807) is 0 Å². The van der Waals surface area contributed by atoms with Crippen LogP contribution in [0.4, 0.5) is 4.79 Å². The van der Waals surface area contributed by atoms with E-state index >= 15 is 0 Å². The van der Waals surface area contributed by atoms with E-state index in [2.05, 4.69) is 11.9 Å². The van der Waals surface area contributed by atoms with E-state index in [-0.39, 0.29) is 33.0 Å². The predicted molar refractivity (Wildman–Crippen MR) is 154 cm³/mol. The molecule has 0 radical (unpaired) electrons. The van der Waals surface area contributed by atoms with Crippen molar-refractivity contribution in [3.8, 4) is 0 Å². The molecule has 42 heavy (non-hydrogen) atoms. The molecule has 1 amide bonds. The summed E-state index contributed by atoms with van der Waals surface area (Å²) < 4.78 is 51.4. The third kappa shape index (κ3) is 9.64. The number of hydrogen-bond donors (Lipinski definition) is 2. The van der Waals surface area contributed by atoms with Crippen LogP contribution in [-0.2, 0) is 56.9 Å². The highest BCUT2D eigenvalue weighted by Crippen LogP contribution is 2.55. The molecule has 2 aromatic rings. The SMILES string of the molecule is C=CCO[C@H]1O[C@H](COCc2ccccc2)[C@@H](OP2(=O)OCc3ccccc3CO2)[C@H](O)[C@H]1NC(=O)OCC(Cl)(Cl)Cl. The zero-order chi connectivity index (χ0) is 30.2. The normalized spacial score (nSPS) is 25.6. The van der Waals surface area contributed by atoms with Gasteiger partial charge < -0.3 is 29.4 Å². The quantitative estimate of drug-likeness (QED) is 0.188. The molecule has 0 bridgehead atoms. The van der Waals surface area contributed by atoms with E-state index in [0.717, 1.165) is 16.7 Å². The molecule has 230 valence electrons. The molecule has 4 rings (SSSR count). The number of phosphoric acid groups is 1. The molecule has 0 saturated carbocycles. The number of fused-ring (bicyclic) bond motifs is 1. The van der Waals surface area contributed by atoms with Crippen LogP contribution in [0.1, 0.15) is 16.7 Å². The van der Waals surface area contributed by atoms with Crippen LogP contribution in [0, 0.1) is 0 Å². The van der Waals surface area contributed by atoms with Crippen LogP contribution in [-0.4, -0.2) is 65.5 Å². The number of aliphatic hydroxyl groups excluding tert-OH is 1. The molecular formula is C27H31Cl3NO10P. The maximum absolute atomic E-state index is 13.7. The summed E-state index contributed by atoms with van der Waals surface area (Å²) in [5.74, 6) is 0. The number of carbonyl (C=O) groups excluding carboxylic acids is 1. The van der Waals surface area contributed by atoms with Gasteiger partial charge in [0.2, 0.25) is 3.79 Å². The molecular weight excluding hydrogens is 636 g/mol. The number of alkyl halides is 3. The zero-order valence-electron chi connectivity index (χ0n) is 22.3. The highest BCUT2D eigenvalue weighted by Gasteiger charge is 2.51. The van der Waals surface area contributed by atoms with Crippen molar-refractivity contribution in [2.75, 3.05) is 19.8 Å². The minimum atomic E-state index is -4.26. The lowest BCUT2D eigenvalue weighted by Crippen LogP contribution is -2.65. The Morgan fingerprint density at radius 2 is 1.74 bits per heavy atom. The number of alkyl carbamates (subject to hydrolysis) is 1. The van der Waals surface area contributed by atoms with Crippen molar-refractivity contribution < 1.29 is 47.0 Å². The van der Waals surface area contributed by atoms with Gasteiger partial charge in [0.1, 0.15) is 31.0 Å². The summed E-state index contributed by atoms with van der Waals surface area (Å²) in [4.78, 5) is 12.5. The van der Waals surface area contributed by atoms with Crippen molar-refractivity contribution in [1.29, 1.82) is 0 Å². The summed E-state index contributed by atoms with van der Waals surface area (Å²) in [6, 6.07) is 15.4. The fourth-order valence-electron chi connectivity index (χ4n) is 4.22. The van der Waals surface area contributed by atoms with Crippen LogP contribution >= 0.6 is 42.6 Å². The molecule has 2 aromatic carbocycles. The van der Waals surface area contributed by atoms with Crippen molar-refractivity contribution in [2.24, 2.45) is 0 Å². The van der Waals surface area contributed by atoms with Crippen LogP contribution in [0.2, 0.25) is 0 Å². The Kier molecular flexibility index (Phi) is 12.1. The molecule has 11 nitrogen and oxygen atoms in total. The summed E-state index contributed by atoms with van der Waals surface area (Å²) in [5, 5.41) is 13.9. The maximum Gasteiger partial charge on any atom is 0.475 e. The fraction of sp³-hybridized carbons (Fsp3) is 0.444. The minimum Gasteiger partial charge on any atom is -0.445 e. The molecule has 0 aliphatic carbocycles. The number of phosphoric ester groups is 1. The molecule has 1 fully saturated rings. The lowest BCUT2D eigenvalue weighted by atomic mass is 9.97. The van der Waals surface area contributed by atoms with Gasteiger partial charge in [-0.25, -0.2) is 9.36 Å². The number of benzene rings is 2. The maximum atomic E-state index is 13.7. The van der Waals surface area contributed by atoms with Gasteiger partial charge in [0.05, 0.1) is 33.0 Å². The molecule has 0 aromatic heterocycles. The third-order valence-electron chi connectivity index (χ3n) is 6.22. The lowest BCUT2D eigenvalue weighted by Gasteiger charge is -2.44. The van der Waals surface area contributed by atoms with Gasteiger partial charge in [0.25, 0.3) is 0 Å². The lowest BCUT2D eigenvalue weighted by molar-refractivity contribution is -0.267. The van der Waals surface area contributed by atoms with Crippen LogP contribution in [0.5, 0.6) is 0 Å². The molecule has 5 atom stereocenters. The van der Waals surface area contributed by atoms with Crippen molar-refractivity contribution >= 4 is 48.7 Å². The topological polar surface area (TPSA) is 131 Å². The number of ether oxygens (including phenoxy) is 4. The number of hydrogen-bond acceptors (Lipinski definition) is 10. The Balaban J connectivity index is 1.54. The van der Waals surface area contributed by atoms with Crippen LogP contribution in [0.15, 0.2) is 67.3 Å². The average molecular weight is 667 g/mol. The Morgan fingerprint density at radius 1 is 1.10 bits per heavy atom. The number of carbonyl (C=O) groups is 1. The number of halogens is 3. The zero-order valence-corrected chi connectivity index (χ0v) is 25.5. The Hall–Kier alpha value is -1.73. The monoisotopic (exact) mass is 665 g/mol. The van der Waals surface area contributed by atoms with Gasteiger partial charge in [0, 0.05) is 0 Å². The van der Waals surface area contributed by atoms with Crippen molar-refractivity contribution in [1.82, 2.24) is 5.32 Å². The largest absolute Gasteiger partial charge is 0.475 e. The molecule has 1 saturated heterocycles. The Bertz CT molecular complexity index is 1200. The van der Waals surface area contributed by atoms with Crippen LogP contribution in [0.3, 0.4) is 0 Å². The molecule has 2 aliphatic heterocycles. The number of rotatable bonds is 11. The first-order chi connectivity index (χ1) is 20.1. The Labute approximate surface area is 258 Å². The van der Waals surface area contributed by atoms with E-state index in [4.69, 9.17) is 67.3 Å². The first kappa shape index (κ1) is 33.2. The minimum absolute atomic E-state index is 0.00482. The van der Waals surface area contributed by atoms with Crippen LogP contribution < -0.4 is 5.32 Å². The highest BCUT2D eigenvalue weighted by atomic mass is 35.6. The summed E-state index contributed by atoms with van der Waals surface area (Å²) in [6.45, 7) is 3.04. The van der Waals surface area contributed by atoms with Gasteiger partial charge in [-0.1, -0.05) is 95.5 Å². The number of nitrogens with one attached hydrogen (secondary N) is 1. The number of amides is 1. The second-order valence-corrected chi connectivity index (χ2v) is 13.5. The standard InChI is InChI=1S/C27H31Cl3NO10P/c1-2-12-36-25-22(31-26(33)37-17-27(28,29)30)23(32)24(21(40-25)16-35-13-18-8-4-3-5-9-18)41-42(34)38-14-19-10-6-7-11-20(19)15-39-42/h2-11,21-25,32H,1,12-17H2,(H,31,33)/t21-,22-,23-,24-,25+/m1/s1. The smallest absolute Gasteiger partial charge is 0.445 e. The van der Waals surface area contributed by atoms with E-state index in [1.807, 2.05) is 54.6 Å². The Morgan fingerprint density at radius 3 is 2.36 bits per heavy atom. The van der Waals surface area contributed by atoms with Crippen molar-refractivity contribution in [3.05, 3.63) is 83.9 Å². The third-order valence-corrected chi connectivity index (χ3v) is 7.94. The highest BCUT2D eigenvalue weighted by molar-refractivity contribution is 7.48. The fourth-order valence-corrected chi connectivity index (χ4v) is 5.73. The predicted octanol–water partition coefficient (Wildman–Crippen LogP) is 5.20. The van der Waals surface area contributed by atoms with Gasteiger partial charge in [-0.3, -0.25) is 13.6 Å². The van der Waals surface area contributed by atoms with E-state index in [0.29, 0.717) is 0 Å². The molecule has 2 aliphatic rings. The molecule has 0 unspecified atom stereocenters. The average Bonchev–Trinajstić information content (AvgIpc) is 3.13. The van der Waals surface area contributed by atoms with Gasteiger partial charge in [-0.15, -0.1) is 6.58 Å². The van der Waals surface area contributed by atoms with Crippen molar-refractivity contribution in [2.45, 2.75) is 54.3 Å². The van der Waals surface area contributed by atoms with E-state index in [1.165, 1.54) is 6.08 Å². The summed E-state index contributed by atoms with van der Waals surface area (Å²) >= 11 is 17.0. The van der Waals surface area contributed by atoms with E-state index in [9.17, 15) is 14.5 Å². The number of aliphatic hydroxyl groups is 1. The molecule has 2 N–H and O–H groups in total. The summed E-state index contributed by atoms with van der Waals surface area (Å²) in [7, 11) is -4.26. The van der Waals surface area contributed by atoms with Gasteiger partial charge in [-0.05, 0) is 16.7 Å². The van der Waals surface area contributed by atoms with Crippen molar-refractivity contribution in [3.63, 3.8) is 0 Å². The molecule has 15 heteroatoms. The van der Waals surface area contributed by atoms with E-state index < -0.39 is 55.0 Å². The van der Waals surface area contributed by atoms with Gasteiger partial charge in [0.15, 0.2) is 6.29 Å². The second kappa shape index (κ2) is 15.3. The van der Waals surface area contributed by atoms with Gasteiger partial charge in [-0.2, -0.15) is 0 Å². The summed E-state index contributed by atoms with van der Waals surface area (Å²) in [6.07, 6.45) is -4.82. The first-order valence-electron chi connectivity index (χ1n) is 12.9. The summed E-state index contributed by atoms with van der Waals surface area (Å²) in [5.41, 5.74) is 2.44. The van der Waals surface area contributed by atoms with Crippen LogP contribution in [0.25, 0.3) is 0 Å².